The van der Waals surface area contributed by atoms with Crippen molar-refractivity contribution < 1.29 is 26.3 Å². The van der Waals surface area contributed by atoms with Gasteiger partial charge in [-0.25, -0.2) is 15.0 Å². The van der Waals surface area contributed by atoms with Crippen LogP contribution >= 0.6 is 0 Å². The van der Waals surface area contributed by atoms with Crippen LogP contribution in [0.3, 0.4) is 0 Å². The standard InChI is InChI=1S/C59H35F6N5/c60-58(61,62)41-31-40(32-42(35-41)59(63,64)65)38-27-29-46-45-21-10-12-24-49(45)70(53(46)34-38)51-30-28-39(44-23-14-26-52-54(44)47-22-11-13-25-50(47)69(52)43-19-8-3-9-20-43)33-48(51)57-67-55(36-15-4-1-5-16-36)66-56(68-57)37-17-6-2-7-18-37/h1-35H. The highest BCUT2D eigenvalue weighted by atomic mass is 19.4. The first-order valence-corrected chi connectivity index (χ1v) is 22.4. The predicted octanol–water partition coefficient (Wildman–Crippen LogP) is 16.4. The molecule has 12 aromatic rings. The topological polar surface area (TPSA) is 48.5 Å². The number of nitrogens with zero attached hydrogens (tertiary/aromatic N) is 5. The Labute approximate surface area is 396 Å². The molecule has 0 saturated carbocycles. The summed E-state index contributed by atoms with van der Waals surface area (Å²) in [5, 5.41) is 3.65. The molecule has 0 aliphatic heterocycles. The summed E-state index contributed by atoms with van der Waals surface area (Å²) in [6.45, 7) is 0. The van der Waals surface area contributed by atoms with E-state index in [1.54, 1.807) is 18.2 Å². The van der Waals surface area contributed by atoms with Crippen LogP contribution in [0.5, 0.6) is 0 Å². The van der Waals surface area contributed by atoms with E-state index < -0.39 is 23.5 Å². The molecule has 11 heteroatoms. The summed E-state index contributed by atoms with van der Waals surface area (Å²) in [6, 6.07) is 64.3. The Hall–Kier alpha value is -8.83. The maximum atomic E-state index is 14.2. The highest BCUT2D eigenvalue weighted by molar-refractivity contribution is 6.16. The third kappa shape index (κ3) is 7.34. The zero-order valence-corrected chi connectivity index (χ0v) is 36.7. The molecule has 0 aliphatic rings. The minimum atomic E-state index is -5.02. The van der Waals surface area contributed by atoms with Gasteiger partial charge in [0.1, 0.15) is 0 Å². The Morgan fingerprint density at radius 2 is 0.829 bits per heavy atom. The van der Waals surface area contributed by atoms with Crippen molar-refractivity contribution >= 4 is 43.6 Å². The second-order valence-electron chi connectivity index (χ2n) is 17.0. The van der Waals surface area contributed by atoms with Gasteiger partial charge < -0.3 is 9.13 Å². The summed E-state index contributed by atoms with van der Waals surface area (Å²) in [6.07, 6.45) is -10.0. The maximum absolute atomic E-state index is 14.2. The van der Waals surface area contributed by atoms with Crippen LogP contribution in [0.25, 0.3) is 111 Å². The fraction of sp³-hybridized carbons (Fsp3) is 0.0339. The molecule has 0 bridgehead atoms. The molecule has 9 aromatic carbocycles. The zero-order valence-electron chi connectivity index (χ0n) is 36.7. The fourth-order valence-electron chi connectivity index (χ4n) is 9.65. The first-order valence-electron chi connectivity index (χ1n) is 22.4. The molecular formula is C59H35F6N5. The Morgan fingerprint density at radius 1 is 0.314 bits per heavy atom. The minimum Gasteiger partial charge on any atom is -0.309 e. The van der Waals surface area contributed by atoms with E-state index in [1.165, 1.54) is 0 Å². The predicted molar refractivity (Wildman–Crippen MR) is 266 cm³/mol. The highest BCUT2D eigenvalue weighted by Crippen LogP contribution is 2.44. The van der Waals surface area contributed by atoms with E-state index in [-0.39, 0.29) is 17.2 Å². The Kier molecular flexibility index (Phi) is 9.99. The monoisotopic (exact) mass is 927 g/mol. The lowest BCUT2D eigenvalue weighted by atomic mass is 9.96. The maximum Gasteiger partial charge on any atom is 0.416 e. The van der Waals surface area contributed by atoms with Crippen LogP contribution in [0.4, 0.5) is 26.3 Å². The summed E-state index contributed by atoms with van der Waals surface area (Å²) in [5.74, 6) is 1.21. The molecule has 0 spiro atoms. The minimum absolute atomic E-state index is 0.148. The van der Waals surface area contributed by atoms with E-state index in [0.717, 1.165) is 78.2 Å². The first-order chi connectivity index (χ1) is 34.0. The molecule has 0 unspecified atom stereocenters. The van der Waals surface area contributed by atoms with Crippen molar-refractivity contribution in [3.63, 3.8) is 0 Å². The molecule has 70 heavy (non-hydrogen) atoms. The van der Waals surface area contributed by atoms with Gasteiger partial charge in [0.05, 0.1) is 38.9 Å². The van der Waals surface area contributed by atoms with Crippen LogP contribution in [-0.2, 0) is 12.4 Å². The molecule has 3 aromatic heterocycles. The molecule has 0 radical (unpaired) electrons. The van der Waals surface area contributed by atoms with Gasteiger partial charge in [0, 0.05) is 43.9 Å². The smallest absolute Gasteiger partial charge is 0.309 e. The zero-order chi connectivity index (χ0) is 47.7. The molecule has 0 N–H and O–H groups in total. The van der Waals surface area contributed by atoms with E-state index in [0.29, 0.717) is 34.2 Å². The summed E-state index contributed by atoms with van der Waals surface area (Å²) in [4.78, 5) is 15.4. The van der Waals surface area contributed by atoms with Crippen molar-refractivity contribution in [2.24, 2.45) is 0 Å². The molecule has 5 nitrogen and oxygen atoms in total. The number of hydrogen-bond donors (Lipinski definition) is 0. The van der Waals surface area contributed by atoms with Crippen LogP contribution in [0.2, 0.25) is 0 Å². The number of benzene rings is 9. The van der Waals surface area contributed by atoms with Crippen molar-refractivity contribution in [2.45, 2.75) is 12.4 Å². The second-order valence-corrected chi connectivity index (χ2v) is 17.0. The number of rotatable bonds is 7. The lowest BCUT2D eigenvalue weighted by Gasteiger charge is -2.17. The van der Waals surface area contributed by atoms with E-state index in [2.05, 4.69) is 47.0 Å². The Bertz CT molecular complexity index is 3880. The molecule has 3 heterocycles. The van der Waals surface area contributed by atoms with E-state index in [4.69, 9.17) is 15.0 Å². The molecule has 338 valence electrons. The van der Waals surface area contributed by atoms with Gasteiger partial charge >= 0.3 is 12.4 Å². The van der Waals surface area contributed by atoms with Crippen LogP contribution in [0.15, 0.2) is 212 Å². The highest BCUT2D eigenvalue weighted by Gasteiger charge is 2.37. The number of fused-ring (bicyclic) bond motifs is 6. The Balaban J connectivity index is 1.16. The van der Waals surface area contributed by atoms with Crippen molar-refractivity contribution in [3.8, 4) is 67.8 Å². The van der Waals surface area contributed by atoms with Crippen LogP contribution in [-0.4, -0.2) is 24.1 Å². The third-order valence-corrected chi connectivity index (χ3v) is 12.8. The average molecular weight is 928 g/mol. The number of para-hydroxylation sites is 3. The third-order valence-electron chi connectivity index (χ3n) is 12.8. The summed E-state index contributed by atoms with van der Waals surface area (Å²) >= 11 is 0. The second kappa shape index (κ2) is 16.4. The van der Waals surface area contributed by atoms with Crippen LogP contribution < -0.4 is 0 Å². The molecule has 0 fully saturated rings. The van der Waals surface area contributed by atoms with Crippen molar-refractivity contribution in [1.82, 2.24) is 24.1 Å². The Morgan fingerprint density at radius 3 is 1.46 bits per heavy atom. The SMILES string of the molecule is FC(F)(F)c1cc(-c2ccc3c4ccccc4n(-c4ccc(-c5cccc6c5c5ccccc5n6-c5ccccc5)cc4-c4nc(-c5ccccc5)nc(-c5ccccc5)n4)c3c2)cc(C(F)(F)F)c1. The largest absolute Gasteiger partial charge is 0.416 e. The molecule has 0 atom stereocenters. The van der Waals surface area contributed by atoms with Gasteiger partial charge in [0.25, 0.3) is 0 Å². The van der Waals surface area contributed by atoms with Crippen molar-refractivity contribution in [2.75, 3.05) is 0 Å². The fourth-order valence-corrected chi connectivity index (χ4v) is 9.65. The van der Waals surface area contributed by atoms with Gasteiger partial charge in [0.2, 0.25) is 0 Å². The average Bonchev–Trinajstić information content (AvgIpc) is 3.91. The summed E-state index contributed by atoms with van der Waals surface area (Å²) < 4.78 is 89.5. The summed E-state index contributed by atoms with van der Waals surface area (Å²) in [5.41, 5.74) is 6.07. The quantitative estimate of drug-likeness (QED) is 0.150. The number of aromatic nitrogens is 5. The van der Waals surface area contributed by atoms with Crippen molar-refractivity contribution in [1.29, 1.82) is 0 Å². The van der Waals surface area contributed by atoms with Gasteiger partial charge in [-0.2, -0.15) is 26.3 Å². The van der Waals surface area contributed by atoms with Crippen LogP contribution in [0.1, 0.15) is 11.1 Å². The normalized spacial score (nSPS) is 12.1. The van der Waals surface area contributed by atoms with Gasteiger partial charge in [0.15, 0.2) is 17.5 Å². The lowest BCUT2D eigenvalue weighted by Crippen LogP contribution is -2.11. The van der Waals surface area contributed by atoms with E-state index >= 15 is 0 Å². The van der Waals surface area contributed by atoms with Crippen LogP contribution in [0, 0.1) is 0 Å². The van der Waals surface area contributed by atoms with Gasteiger partial charge in [-0.3, -0.25) is 0 Å². The molecule has 0 saturated heterocycles. The lowest BCUT2D eigenvalue weighted by molar-refractivity contribution is -0.143. The number of alkyl halides is 6. The molecule has 0 aliphatic carbocycles. The summed E-state index contributed by atoms with van der Waals surface area (Å²) in [7, 11) is 0. The molecule has 0 amide bonds. The molecular weight excluding hydrogens is 893 g/mol. The van der Waals surface area contributed by atoms with Gasteiger partial charge in [-0.1, -0.05) is 146 Å². The number of halogens is 6. The van der Waals surface area contributed by atoms with E-state index in [1.807, 2.05) is 138 Å². The first kappa shape index (κ1) is 42.5. The number of hydrogen-bond acceptors (Lipinski definition) is 3. The van der Waals surface area contributed by atoms with Gasteiger partial charge in [-0.15, -0.1) is 0 Å². The van der Waals surface area contributed by atoms with Crippen molar-refractivity contribution in [3.05, 3.63) is 223 Å². The van der Waals surface area contributed by atoms with E-state index in [9.17, 15) is 26.3 Å². The van der Waals surface area contributed by atoms with Gasteiger partial charge in [-0.05, 0) is 89.0 Å². The molecule has 12 rings (SSSR count).